The van der Waals surface area contributed by atoms with Crippen LogP contribution in [0.1, 0.15) is 12.8 Å². The fourth-order valence-electron chi connectivity index (χ4n) is 2.59. The second-order valence-electron chi connectivity index (χ2n) is 4.73. The first-order valence-corrected chi connectivity index (χ1v) is 7.32. The van der Waals surface area contributed by atoms with Gasteiger partial charge >= 0.3 is 0 Å². The third-order valence-corrected chi connectivity index (χ3v) is 4.46. The van der Waals surface area contributed by atoms with E-state index in [0.717, 1.165) is 42.0 Å². The highest BCUT2D eigenvalue weighted by Crippen LogP contribution is 2.30. The number of nitrogens with one attached hydrogen (secondary N) is 1. The normalized spacial score (nSPS) is 19.6. The summed E-state index contributed by atoms with van der Waals surface area (Å²) in [6.45, 7) is 1.70. The fourth-order valence-corrected chi connectivity index (χ4v) is 3.45. The summed E-state index contributed by atoms with van der Waals surface area (Å²) in [4.78, 5) is 22.7. The molecule has 3 rings (SSSR count). The van der Waals surface area contributed by atoms with E-state index in [4.69, 9.17) is 0 Å². The molecule has 3 heterocycles. The molecule has 0 aliphatic carbocycles. The van der Waals surface area contributed by atoms with Crippen LogP contribution in [0.25, 0.3) is 10.2 Å². The molecule has 0 bridgehead atoms. The predicted molar refractivity (Wildman–Crippen MR) is 76.4 cm³/mol. The van der Waals surface area contributed by atoms with Crippen molar-refractivity contribution in [2.24, 2.45) is 5.92 Å². The molecule has 1 N–H and O–H groups in total. The Hall–Kier alpha value is -1.69. The Bertz CT molecular complexity index is 597. The summed E-state index contributed by atoms with van der Waals surface area (Å²) in [6, 6.07) is 2.01. The first-order chi connectivity index (χ1) is 9.29. The first-order valence-electron chi connectivity index (χ1n) is 6.44. The average molecular weight is 276 g/mol. The number of aromatic nitrogens is 2. The molecule has 6 heteroatoms. The Morgan fingerprint density at radius 3 is 3.26 bits per heavy atom. The van der Waals surface area contributed by atoms with Crippen LogP contribution in [0.5, 0.6) is 0 Å². The molecule has 1 amide bonds. The Labute approximate surface area is 115 Å². The van der Waals surface area contributed by atoms with Gasteiger partial charge in [-0.25, -0.2) is 9.97 Å². The Balaban J connectivity index is 1.89. The highest BCUT2D eigenvalue weighted by Gasteiger charge is 2.26. The minimum absolute atomic E-state index is 0.0590. The van der Waals surface area contributed by atoms with Crippen molar-refractivity contribution in [3.63, 3.8) is 0 Å². The van der Waals surface area contributed by atoms with E-state index in [2.05, 4.69) is 20.2 Å². The third-order valence-electron chi connectivity index (χ3n) is 3.56. The smallest absolute Gasteiger partial charge is 0.224 e. The topological polar surface area (TPSA) is 58.1 Å². The lowest BCUT2D eigenvalue weighted by molar-refractivity contribution is -0.124. The molecule has 19 heavy (non-hydrogen) atoms. The van der Waals surface area contributed by atoms with Crippen LogP contribution >= 0.6 is 11.3 Å². The molecule has 100 valence electrons. The molecule has 2 aromatic heterocycles. The van der Waals surface area contributed by atoms with Crippen LogP contribution in [0.4, 0.5) is 5.82 Å². The molecule has 2 aromatic rings. The van der Waals surface area contributed by atoms with Crippen molar-refractivity contribution in [2.45, 2.75) is 12.8 Å². The van der Waals surface area contributed by atoms with E-state index in [-0.39, 0.29) is 11.8 Å². The molecule has 0 spiro atoms. The van der Waals surface area contributed by atoms with Gasteiger partial charge in [-0.2, -0.15) is 0 Å². The van der Waals surface area contributed by atoms with E-state index in [0.29, 0.717) is 0 Å². The van der Waals surface area contributed by atoms with E-state index >= 15 is 0 Å². The van der Waals surface area contributed by atoms with E-state index in [9.17, 15) is 4.79 Å². The number of rotatable bonds is 2. The minimum atomic E-state index is 0.0590. The Kier molecular flexibility index (Phi) is 3.33. The third kappa shape index (κ3) is 2.28. The van der Waals surface area contributed by atoms with Crippen molar-refractivity contribution in [1.82, 2.24) is 15.3 Å². The molecular formula is C13H16N4OS. The van der Waals surface area contributed by atoms with Crippen molar-refractivity contribution in [3.8, 4) is 0 Å². The summed E-state index contributed by atoms with van der Waals surface area (Å²) in [7, 11) is 1.70. The molecule has 1 unspecified atom stereocenters. The lowest BCUT2D eigenvalue weighted by atomic mass is 9.97. The van der Waals surface area contributed by atoms with Crippen LogP contribution in [0.3, 0.4) is 0 Å². The number of hydrogen-bond acceptors (Lipinski definition) is 5. The van der Waals surface area contributed by atoms with Gasteiger partial charge < -0.3 is 10.2 Å². The zero-order valence-electron chi connectivity index (χ0n) is 10.8. The van der Waals surface area contributed by atoms with Crippen molar-refractivity contribution in [1.29, 1.82) is 0 Å². The largest absolute Gasteiger partial charge is 0.359 e. The Morgan fingerprint density at radius 2 is 2.42 bits per heavy atom. The molecule has 1 aliphatic rings. The summed E-state index contributed by atoms with van der Waals surface area (Å²) in [5.41, 5.74) is 0.983. The van der Waals surface area contributed by atoms with Gasteiger partial charge in [-0.3, -0.25) is 4.79 Å². The van der Waals surface area contributed by atoms with Gasteiger partial charge in [0.1, 0.15) is 12.1 Å². The maximum absolute atomic E-state index is 11.8. The molecule has 1 aliphatic heterocycles. The van der Waals surface area contributed by atoms with Crippen molar-refractivity contribution in [3.05, 3.63) is 17.8 Å². The van der Waals surface area contributed by atoms with Gasteiger partial charge in [0.15, 0.2) is 0 Å². The van der Waals surface area contributed by atoms with Crippen molar-refractivity contribution >= 4 is 33.3 Å². The standard InChI is InChI=1S/C13H16N4OS/c1-14-13(18)9-3-2-5-17(7-9)12-11-10(4-6-19-11)15-8-16-12/h4,6,8-9H,2-3,5,7H2,1H3,(H,14,18). The molecule has 5 nitrogen and oxygen atoms in total. The number of piperidine rings is 1. The first kappa shape index (κ1) is 12.3. The van der Waals surface area contributed by atoms with Gasteiger partial charge in [0.05, 0.1) is 16.1 Å². The fraction of sp³-hybridized carbons (Fsp3) is 0.462. The van der Waals surface area contributed by atoms with E-state index in [1.165, 1.54) is 0 Å². The summed E-state index contributed by atoms with van der Waals surface area (Å²) < 4.78 is 1.11. The van der Waals surface area contributed by atoms with Crippen LogP contribution in [0, 0.1) is 5.92 Å². The zero-order valence-corrected chi connectivity index (χ0v) is 11.6. The van der Waals surface area contributed by atoms with Gasteiger partial charge in [0, 0.05) is 20.1 Å². The number of nitrogens with zero attached hydrogens (tertiary/aromatic N) is 3. The number of fused-ring (bicyclic) bond motifs is 1. The van der Waals surface area contributed by atoms with Crippen LogP contribution in [0.15, 0.2) is 17.8 Å². The van der Waals surface area contributed by atoms with Gasteiger partial charge in [0.2, 0.25) is 5.91 Å². The lowest BCUT2D eigenvalue weighted by Crippen LogP contribution is -2.42. The predicted octanol–water partition coefficient (Wildman–Crippen LogP) is 1.65. The summed E-state index contributed by atoms with van der Waals surface area (Å²) in [5, 5.41) is 4.77. The monoisotopic (exact) mass is 276 g/mol. The molecule has 1 saturated heterocycles. The molecule has 0 aromatic carbocycles. The van der Waals surface area contributed by atoms with E-state index in [1.807, 2.05) is 11.4 Å². The van der Waals surface area contributed by atoms with Gasteiger partial charge in [-0.15, -0.1) is 11.3 Å². The Morgan fingerprint density at radius 1 is 1.53 bits per heavy atom. The number of carbonyl (C=O) groups is 1. The average Bonchev–Trinajstić information content (AvgIpc) is 2.94. The zero-order chi connectivity index (χ0) is 13.2. The second-order valence-corrected chi connectivity index (χ2v) is 5.65. The van der Waals surface area contributed by atoms with Crippen LogP contribution in [-0.4, -0.2) is 36.0 Å². The van der Waals surface area contributed by atoms with Gasteiger partial charge in [0.25, 0.3) is 0 Å². The maximum Gasteiger partial charge on any atom is 0.224 e. The highest BCUT2D eigenvalue weighted by molar-refractivity contribution is 7.17. The van der Waals surface area contributed by atoms with Crippen molar-refractivity contribution < 1.29 is 4.79 Å². The van der Waals surface area contributed by atoms with Gasteiger partial charge in [-0.05, 0) is 24.3 Å². The summed E-state index contributed by atoms with van der Waals surface area (Å²) in [6.07, 6.45) is 3.58. The van der Waals surface area contributed by atoms with E-state index in [1.54, 1.807) is 24.7 Å². The molecular weight excluding hydrogens is 260 g/mol. The summed E-state index contributed by atoms with van der Waals surface area (Å²) >= 11 is 1.66. The molecule has 1 atom stereocenters. The van der Waals surface area contributed by atoms with Crippen molar-refractivity contribution in [2.75, 3.05) is 25.0 Å². The number of anilines is 1. The number of thiophene rings is 1. The highest BCUT2D eigenvalue weighted by atomic mass is 32.1. The lowest BCUT2D eigenvalue weighted by Gasteiger charge is -2.32. The van der Waals surface area contributed by atoms with Crippen LogP contribution in [-0.2, 0) is 4.79 Å². The van der Waals surface area contributed by atoms with Crippen LogP contribution in [0.2, 0.25) is 0 Å². The molecule has 0 radical (unpaired) electrons. The van der Waals surface area contributed by atoms with E-state index < -0.39 is 0 Å². The maximum atomic E-state index is 11.8. The molecule has 0 saturated carbocycles. The second kappa shape index (κ2) is 5.13. The molecule has 1 fully saturated rings. The number of hydrogen-bond donors (Lipinski definition) is 1. The quantitative estimate of drug-likeness (QED) is 0.906. The van der Waals surface area contributed by atoms with Crippen LogP contribution < -0.4 is 10.2 Å². The number of amides is 1. The SMILES string of the molecule is CNC(=O)C1CCCN(c2ncnc3ccsc23)C1. The minimum Gasteiger partial charge on any atom is -0.359 e. The number of carbonyl (C=O) groups excluding carboxylic acids is 1. The summed E-state index contributed by atoms with van der Waals surface area (Å²) in [5.74, 6) is 1.15. The van der Waals surface area contributed by atoms with Gasteiger partial charge in [-0.1, -0.05) is 0 Å².